The van der Waals surface area contributed by atoms with Crippen LogP contribution in [0, 0.1) is 0 Å². The van der Waals surface area contributed by atoms with Crippen LogP contribution in [0.2, 0.25) is 0 Å². The number of nitrogens with zero attached hydrogens (tertiary/aromatic N) is 4. The summed E-state index contributed by atoms with van der Waals surface area (Å²) in [5, 5.41) is 9.20. The zero-order valence-electron chi connectivity index (χ0n) is 17.8. The van der Waals surface area contributed by atoms with Crippen molar-refractivity contribution in [1.29, 1.82) is 0 Å². The van der Waals surface area contributed by atoms with Gasteiger partial charge in [0.05, 0.1) is 18.0 Å². The molecule has 1 aromatic carbocycles. The van der Waals surface area contributed by atoms with E-state index in [4.69, 9.17) is 9.72 Å². The Labute approximate surface area is 183 Å². The maximum absolute atomic E-state index is 5.90. The molecule has 0 radical (unpaired) electrons. The molecule has 30 heavy (non-hydrogen) atoms. The topological polar surface area (TPSA) is 50.6 Å². The van der Waals surface area contributed by atoms with E-state index in [-0.39, 0.29) is 0 Å². The third-order valence-corrected chi connectivity index (χ3v) is 5.53. The summed E-state index contributed by atoms with van der Waals surface area (Å²) in [6.45, 7) is 4.91. The highest BCUT2D eigenvalue weighted by Crippen LogP contribution is 2.33. The molecule has 0 aliphatic heterocycles. The Morgan fingerprint density at radius 2 is 1.87 bits per heavy atom. The predicted octanol–water partition coefficient (Wildman–Crippen LogP) is 7.09. The van der Waals surface area contributed by atoms with E-state index in [1.54, 1.807) is 23.7 Å². The number of aromatic nitrogens is 2. The van der Waals surface area contributed by atoms with Crippen molar-refractivity contribution in [3.63, 3.8) is 0 Å². The van der Waals surface area contributed by atoms with Crippen LogP contribution >= 0.6 is 11.3 Å². The van der Waals surface area contributed by atoms with Gasteiger partial charge in [0.1, 0.15) is 5.75 Å². The number of rotatable bonds is 12. The Hall–Kier alpha value is -2.73. The average Bonchev–Trinajstić information content (AvgIpc) is 3.28. The summed E-state index contributed by atoms with van der Waals surface area (Å²) >= 11 is 1.56. The highest BCUT2D eigenvalue weighted by Gasteiger charge is 2.13. The molecule has 6 heteroatoms. The fourth-order valence-corrected chi connectivity index (χ4v) is 3.92. The van der Waals surface area contributed by atoms with E-state index in [9.17, 15) is 0 Å². The van der Waals surface area contributed by atoms with Crippen LogP contribution < -0.4 is 9.75 Å². The maximum atomic E-state index is 5.90. The summed E-state index contributed by atoms with van der Waals surface area (Å²) < 4.78 is 5.90. The largest absolute Gasteiger partial charge is 0.494 e. The number of hydrogen-bond acceptors (Lipinski definition) is 6. The third kappa shape index (κ3) is 6.39. The zero-order valence-corrected chi connectivity index (χ0v) is 18.6. The highest BCUT2D eigenvalue weighted by molar-refractivity contribution is 7.14. The molecule has 0 saturated heterocycles. The van der Waals surface area contributed by atoms with Gasteiger partial charge in [0.15, 0.2) is 0 Å². The van der Waals surface area contributed by atoms with Crippen LogP contribution in [0.3, 0.4) is 0 Å². The Balaban J connectivity index is 1.59. The van der Waals surface area contributed by atoms with Gasteiger partial charge in [0, 0.05) is 29.6 Å². The van der Waals surface area contributed by atoms with Crippen LogP contribution in [0.1, 0.15) is 52.4 Å². The van der Waals surface area contributed by atoms with Crippen LogP contribution in [0.25, 0.3) is 11.3 Å². The van der Waals surface area contributed by atoms with Crippen LogP contribution in [-0.2, 0) is 0 Å². The molecule has 3 aromatic rings. The molecule has 0 bridgehead atoms. The first-order valence-electron chi connectivity index (χ1n) is 10.7. The van der Waals surface area contributed by atoms with Gasteiger partial charge in [-0.3, -0.25) is 4.98 Å². The highest BCUT2D eigenvalue weighted by atomic mass is 32.1. The van der Waals surface area contributed by atoms with Gasteiger partial charge in [-0.25, -0.2) is 9.99 Å². The van der Waals surface area contributed by atoms with E-state index in [2.05, 4.69) is 17.0 Å². The van der Waals surface area contributed by atoms with Crippen molar-refractivity contribution in [2.45, 2.75) is 52.4 Å². The Kier molecular flexibility index (Phi) is 8.84. The molecule has 0 saturated carbocycles. The van der Waals surface area contributed by atoms with Crippen LogP contribution in [0.15, 0.2) is 59.3 Å². The van der Waals surface area contributed by atoms with Crippen LogP contribution in [0.5, 0.6) is 5.75 Å². The number of hydrazone groups is 1. The first-order valence-corrected chi connectivity index (χ1v) is 11.6. The molecule has 5 nitrogen and oxygen atoms in total. The lowest BCUT2D eigenvalue weighted by Gasteiger charge is -2.16. The first-order chi connectivity index (χ1) is 14.8. The molecule has 158 valence electrons. The summed E-state index contributed by atoms with van der Waals surface area (Å²) in [5.74, 6) is 0.892. The van der Waals surface area contributed by atoms with Crippen molar-refractivity contribution in [2.75, 3.05) is 11.6 Å². The van der Waals surface area contributed by atoms with Crippen LogP contribution in [0.4, 0.5) is 10.8 Å². The molecule has 0 fully saturated rings. The van der Waals surface area contributed by atoms with Crippen molar-refractivity contribution >= 4 is 28.4 Å². The standard InChI is InChI=1S/C24H30N4OS/c1-3-5-6-7-8-9-17-29-22-14-12-21(13-15-22)28(26-4-2)24-27-23(19-30-24)20-11-10-16-25-18-20/h4,10-16,18-19H,3,5-9,17H2,1-2H3/b26-4+. The van der Waals surface area contributed by atoms with Crippen molar-refractivity contribution in [3.05, 3.63) is 54.2 Å². The summed E-state index contributed by atoms with van der Waals surface area (Å²) in [4.78, 5) is 8.92. The second-order valence-electron chi connectivity index (χ2n) is 7.05. The molecular weight excluding hydrogens is 392 g/mol. The molecule has 2 heterocycles. The molecular formula is C24H30N4OS. The molecule has 0 atom stereocenters. The van der Waals surface area contributed by atoms with Gasteiger partial charge in [0.25, 0.3) is 0 Å². The van der Waals surface area contributed by atoms with Gasteiger partial charge in [0.2, 0.25) is 5.13 Å². The summed E-state index contributed by atoms with van der Waals surface area (Å²) in [6.07, 6.45) is 13.0. The van der Waals surface area contributed by atoms with Crippen LogP contribution in [-0.4, -0.2) is 22.8 Å². The summed E-state index contributed by atoms with van der Waals surface area (Å²) in [5.41, 5.74) is 2.85. The number of benzene rings is 1. The Morgan fingerprint density at radius 1 is 1.07 bits per heavy atom. The number of thiazole rings is 1. The molecule has 0 aliphatic carbocycles. The summed E-state index contributed by atoms with van der Waals surface area (Å²) in [6, 6.07) is 12.0. The van der Waals surface area contributed by atoms with Gasteiger partial charge in [-0.15, -0.1) is 11.3 Å². The number of pyridine rings is 1. The van der Waals surface area contributed by atoms with E-state index >= 15 is 0 Å². The van der Waals surface area contributed by atoms with E-state index in [1.165, 1.54) is 32.1 Å². The van der Waals surface area contributed by atoms with Crippen molar-refractivity contribution in [1.82, 2.24) is 9.97 Å². The molecule has 0 unspecified atom stereocenters. The van der Waals surface area contributed by atoms with E-state index in [1.807, 2.05) is 59.9 Å². The van der Waals surface area contributed by atoms with Gasteiger partial charge >= 0.3 is 0 Å². The molecule has 0 amide bonds. The molecule has 2 aromatic heterocycles. The zero-order chi connectivity index (χ0) is 21.0. The average molecular weight is 423 g/mol. The first kappa shape index (κ1) is 22.0. The minimum absolute atomic E-state index is 0.767. The van der Waals surface area contributed by atoms with Gasteiger partial charge in [-0.1, -0.05) is 39.0 Å². The van der Waals surface area contributed by atoms with Crippen molar-refractivity contribution in [2.24, 2.45) is 5.10 Å². The lowest BCUT2D eigenvalue weighted by Crippen LogP contribution is -2.08. The monoisotopic (exact) mass is 422 g/mol. The molecule has 0 aliphatic rings. The normalized spacial score (nSPS) is 11.1. The second-order valence-corrected chi connectivity index (χ2v) is 7.89. The maximum Gasteiger partial charge on any atom is 0.211 e. The smallest absolute Gasteiger partial charge is 0.211 e. The third-order valence-electron chi connectivity index (χ3n) is 4.71. The molecule has 0 N–H and O–H groups in total. The fraction of sp³-hybridized carbons (Fsp3) is 0.375. The Morgan fingerprint density at radius 3 is 2.60 bits per heavy atom. The molecule has 0 spiro atoms. The minimum atomic E-state index is 0.767. The predicted molar refractivity (Wildman–Crippen MR) is 127 cm³/mol. The van der Waals surface area contributed by atoms with E-state index in [0.29, 0.717) is 0 Å². The minimum Gasteiger partial charge on any atom is -0.494 e. The summed E-state index contributed by atoms with van der Waals surface area (Å²) in [7, 11) is 0. The second kappa shape index (κ2) is 12.1. The number of hydrogen-bond donors (Lipinski definition) is 0. The van der Waals surface area contributed by atoms with E-state index in [0.717, 1.165) is 40.9 Å². The van der Waals surface area contributed by atoms with E-state index < -0.39 is 0 Å². The van der Waals surface area contributed by atoms with Crippen molar-refractivity contribution in [3.8, 4) is 17.0 Å². The Bertz CT molecular complexity index is 893. The quantitative estimate of drug-likeness (QED) is 0.178. The fourth-order valence-electron chi connectivity index (χ4n) is 3.11. The van der Waals surface area contributed by atoms with Gasteiger partial charge < -0.3 is 4.74 Å². The van der Waals surface area contributed by atoms with Gasteiger partial charge in [-0.2, -0.15) is 5.10 Å². The van der Waals surface area contributed by atoms with Gasteiger partial charge in [-0.05, 0) is 49.7 Å². The number of unbranched alkanes of at least 4 members (excludes halogenated alkanes) is 5. The number of ether oxygens (including phenoxy) is 1. The lowest BCUT2D eigenvalue weighted by molar-refractivity contribution is 0.304. The lowest BCUT2D eigenvalue weighted by atomic mass is 10.1. The number of anilines is 2. The van der Waals surface area contributed by atoms with Crippen molar-refractivity contribution < 1.29 is 4.74 Å². The molecule has 3 rings (SSSR count). The SMILES string of the molecule is C/C=N/N(c1ccc(OCCCCCCCC)cc1)c1nc(-c2cccnc2)cs1.